The first-order chi connectivity index (χ1) is 14.2. The van der Waals surface area contributed by atoms with Crippen molar-refractivity contribution in [3.8, 4) is 5.75 Å². The normalized spacial score (nSPS) is 13.0. The standard InChI is InChI=1S/C23H33NO5S2/c1-7-30(25,26)29-21-10-8-9-19(15-21)17-24(16-18(2)3)31(27,28)22-13-11-20(12-14-22)23(4,5)6/h8-15,18H,7,16-17H2,1-6H3. The van der Waals surface area contributed by atoms with E-state index in [-0.39, 0.29) is 34.3 Å². The lowest BCUT2D eigenvalue weighted by molar-refractivity contribution is 0.361. The van der Waals surface area contributed by atoms with Crippen LogP contribution in [0.2, 0.25) is 0 Å². The Hall–Kier alpha value is -1.90. The predicted octanol–water partition coefficient (Wildman–Crippen LogP) is 4.56. The van der Waals surface area contributed by atoms with Crippen LogP contribution in [0.25, 0.3) is 0 Å². The van der Waals surface area contributed by atoms with E-state index in [4.69, 9.17) is 4.18 Å². The van der Waals surface area contributed by atoms with E-state index in [1.807, 2.05) is 26.0 Å². The molecule has 8 heteroatoms. The molecule has 0 atom stereocenters. The van der Waals surface area contributed by atoms with Gasteiger partial charge in [0.1, 0.15) is 5.75 Å². The third kappa shape index (κ3) is 7.05. The molecule has 2 aromatic rings. The molecule has 0 unspecified atom stereocenters. The maximum atomic E-state index is 13.4. The molecule has 0 fully saturated rings. The van der Waals surface area contributed by atoms with Gasteiger partial charge in [0.05, 0.1) is 10.6 Å². The van der Waals surface area contributed by atoms with Crippen LogP contribution in [0, 0.1) is 5.92 Å². The molecule has 0 saturated heterocycles. The van der Waals surface area contributed by atoms with E-state index in [0.717, 1.165) is 5.56 Å². The molecule has 31 heavy (non-hydrogen) atoms. The number of sulfonamides is 1. The van der Waals surface area contributed by atoms with Crippen LogP contribution in [0.1, 0.15) is 52.7 Å². The van der Waals surface area contributed by atoms with Crippen molar-refractivity contribution in [3.63, 3.8) is 0 Å². The molecule has 0 aliphatic heterocycles. The highest BCUT2D eigenvalue weighted by molar-refractivity contribution is 7.89. The van der Waals surface area contributed by atoms with Gasteiger partial charge in [-0.3, -0.25) is 0 Å². The zero-order valence-corrected chi connectivity index (χ0v) is 20.8. The molecular formula is C23H33NO5S2. The first kappa shape index (κ1) is 25.4. The van der Waals surface area contributed by atoms with Gasteiger partial charge in [-0.2, -0.15) is 12.7 Å². The smallest absolute Gasteiger partial charge is 0.308 e. The fraction of sp³-hybridized carbons (Fsp3) is 0.478. The third-order valence-electron chi connectivity index (χ3n) is 4.76. The van der Waals surface area contributed by atoms with Gasteiger partial charge in [-0.05, 0) is 53.6 Å². The van der Waals surface area contributed by atoms with Crippen LogP contribution in [0.4, 0.5) is 0 Å². The Balaban J connectivity index is 2.35. The molecule has 0 heterocycles. The molecule has 172 valence electrons. The summed E-state index contributed by atoms with van der Waals surface area (Å²) in [6.07, 6.45) is 0. The minimum atomic E-state index is -3.73. The van der Waals surface area contributed by atoms with Gasteiger partial charge >= 0.3 is 10.1 Å². The van der Waals surface area contributed by atoms with Crippen LogP contribution in [-0.4, -0.2) is 33.4 Å². The van der Waals surface area contributed by atoms with Gasteiger partial charge in [-0.25, -0.2) is 8.42 Å². The molecule has 0 aromatic heterocycles. The monoisotopic (exact) mass is 467 g/mol. The van der Waals surface area contributed by atoms with E-state index in [2.05, 4.69) is 20.8 Å². The molecule has 0 saturated carbocycles. The molecule has 2 rings (SSSR count). The van der Waals surface area contributed by atoms with Crippen LogP contribution in [0.15, 0.2) is 53.4 Å². The topological polar surface area (TPSA) is 80.8 Å². The third-order valence-corrected chi connectivity index (χ3v) is 7.74. The summed E-state index contributed by atoms with van der Waals surface area (Å²) >= 11 is 0. The van der Waals surface area contributed by atoms with Gasteiger partial charge in [0, 0.05) is 13.1 Å². The Labute approximate surface area is 187 Å². The highest BCUT2D eigenvalue weighted by Gasteiger charge is 2.26. The molecule has 6 nitrogen and oxygen atoms in total. The fourth-order valence-electron chi connectivity index (χ4n) is 3.04. The van der Waals surface area contributed by atoms with Gasteiger partial charge in [-0.15, -0.1) is 0 Å². The summed E-state index contributed by atoms with van der Waals surface area (Å²) in [5.74, 6) is 0.148. The van der Waals surface area contributed by atoms with Crippen LogP contribution < -0.4 is 4.18 Å². The second kappa shape index (κ2) is 9.71. The fourth-order valence-corrected chi connectivity index (χ4v) is 5.14. The van der Waals surface area contributed by atoms with Gasteiger partial charge < -0.3 is 4.18 Å². The molecule has 0 N–H and O–H groups in total. The van der Waals surface area contributed by atoms with E-state index < -0.39 is 20.1 Å². The quantitative estimate of drug-likeness (QED) is 0.505. The Bertz CT molecular complexity index is 1080. The summed E-state index contributed by atoms with van der Waals surface area (Å²) in [6, 6.07) is 13.5. The van der Waals surface area contributed by atoms with Crippen LogP contribution in [0.3, 0.4) is 0 Å². The first-order valence-corrected chi connectivity index (χ1v) is 13.4. The molecule has 0 radical (unpaired) electrons. The van der Waals surface area contributed by atoms with Crippen LogP contribution in [-0.2, 0) is 32.1 Å². The summed E-state index contributed by atoms with van der Waals surface area (Å²) in [7, 11) is -7.39. The average Bonchev–Trinajstić information content (AvgIpc) is 2.66. The maximum absolute atomic E-state index is 13.4. The van der Waals surface area contributed by atoms with Crippen molar-refractivity contribution < 1.29 is 21.0 Å². The van der Waals surface area contributed by atoms with E-state index >= 15 is 0 Å². The zero-order chi connectivity index (χ0) is 23.4. The lowest BCUT2D eigenvalue weighted by Crippen LogP contribution is -2.34. The van der Waals surface area contributed by atoms with E-state index in [1.54, 1.807) is 36.4 Å². The minimum absolute atomic E-state index is 0.0703. The second-order valence-electron chi connectivity index (χ2n) is 9.04. The number of benzene rings is 2. The highest BCUT2D eigenvalue weighted by atomic mass is 32.2. The lowest BCUT2D eigenvalue weighted by atomic mass is 9.87. The van der Waals surface area contributed by atoms with Crippen molar-refractivity contribution in [3.05, 3.63) is 59.7 Å². The molecule has 0 amide bonds. The Morgan fingerprint density at radius 2 is 1.58 bits per heavy atom. The SMILES string of the molecule is CCS(=O)(=O)Oc1cccc(CN(CC(C)C)S(=O)(=O)c2ccc(C(C)(C)C)cc2)c1. The van der Waals surface area contributed by atoms with Crippen molar-refractivity contribution in [2.45, 2.75) is 58.4 Å². The lowest BCUT2D eigenvalue weighted by Gasteiger charge is -2.25. The molecule has 2 aromatic carbocycles. The Kier molecular flexibility index (Phi) is 7.94. The minimum Gasteiger partial charge on any atom is -0.382 e. The number of rotatable bonds is 9. The maximum Gasteiger partial charge on any atom is 0.308 e. The van der Waals surface area contributed by atoms with Gasteiger partial charge in [-0.1, -0.05) is 58.9 Å². The first-order valence-electron chi connectivity index (χ1n) is 10.4. The average molecular weight is 468 g/mol. The molecular weight excluding hydrogens is 434 g/mol. The summed E-state index contributed by atoms with van der Waals surface area (Å²) in [6.45, 7) is 12.1. The van der Waals surface area contributed by atoms with Gasteiger partial charge in [0.2, 0.25) is 10.0 Å². The van der Waals surface area contributed by atoms with Crippen molar-refractivity contribution in [2.24, 2.45) is 5.92 Å². The van der Waals surface area contributed by atoms with Crippen LogP contribution >= 0.6 is 0 Å². The predicted molar refractivity (Wildman–Crippen MR) is 124 cm³/mol. The number of hydrogen-bond donors (Lipinski definition) is 0. The Morgan fingerprint density at radius 3 is 2.10 bits per heavy atom. The van der Waals surface area contributed by atoms with E-state index in [9.17, 15) is 16.8 Å². The van der Waals surface area contributed by atoms with E-state index in [1.165, 1.54) is 11.2 Å². The van der Waals surface area contributed by atoms with Crippen molar-refractivity contribution in [2.75, 3.05) is 12.3 Å². The number of nitrogens with zero attached hydrogens (tertiary/aromatic N) is 1. The summed E-state index contributed by atoms with van der Waals surface area (Å²) in [5.41, 5.74) is 1.64. The molecule has 0 aliphatic carbocycles. The van der Waals surface area contributed by atoms with Crippen molar-refractivity contribution in [1.29, 1.82) is 0 Å². The Morgan fingerprint density at radius 1 is 0.968 bits per heavy atom. The largest absolute Gasteiger partial charge is 0.382 e. The molecule has 0 aliphatic rings. The van der Waals surface area contributed by atoms with Crippen molar-refractivity contribution in [1.82, 2.24) is 4.31 Å². The highest BCUT2D eigenvalue weighted by Crippen LogP contribution is 2.26. The van der Waals surface area contributed by atoms with Gasteiger partial charge in [0.25, 0.3) is 0 Å². The van der Waals surface area contributed by atoms with Gasteiger partial charge in [0.15, 0.2) is 0 Å². The van der Waals surface area contributed by atoms with Crippen molar-refractivity contribution >= 4 is 20.1 Å². The number of hydrogen-bond acceptors (Lipinski definition) is 5. The summed E-state index contributed by atoms with van der Waals surface area (Å²) in [4.78, 5) is 0.238. The zero-order valence-electron chi connectivity index (χ0n) is 19.1. The molecule has 0 bridgehead atoms. The second-order valence-corrected chi connectivity index (χ2v) is 12.8. The summed E-state index contributed by atoms with van der Waals surface area (Å²) < 4.78 is 56.8. The van der Waals surface area contributed by atoms with E-state index in [0.29, 0.717) is 12.1 Å². The molecule has 0 spiro atoms. The van der Waals surface area contributed by atoms with Crippen LogP contribution in [0.5, 0.6) is 5.75 Å². The summed E-state index contributed by atoms with van der Waals surface area (Å²) in [5, 5.41) is 0.